The molecular formula is C29H42BrN3O5S. The van der Waals surface area contributed by atoms with E-state index in [9.17, 15) is 14.4 Å². The Kier molecular flexibility index (Phi) is 10.6. The number of anilines is 1. The number of benzene rings is 1. The Bertz CT molecular complexity index is 1010. The number of rotatable bonds is 15. The van der Waals surface area contributed by atoms with Gasteiger partial charge in [-0.3, -0.25) is 14.4 Å². The van der Waals surface area contributed by atoms with E-state index in [4.69, 9.17) is 9.84 Å². The summed E-state index contributed by atoms with van der Waals surface area (Å²) in [4.78, 5) is 43.3. The van der Waals surface area contributed by atoms with Crippen molar-refractivity contribution in [3.05, 3.63) is 24.3 Å². The highest BCUT2D eigenvalue weighted by Crippen LogP contribution is 2.67. The Labute approximate surface area is 244 Å². The third-order valence-electron chi connectivity index (χ3n) is 8.16. The van der Waals surface area contributed by atoms with Gasteiger partial charge in [-0.1, -0.05) is 48.5 Å². The number of hydrogen-bond donors (Lipinski definition) is 3. The summed E-state index contributed by atoms with van der Waals surface area (Å²) >= 11 is 5.48. The van der Waals surface area contributed by atoms with Gasteiger partial charge in [0.25, 0.3) is 0 Å². The molecule has 3 fully saturated rings. The van der Waals surface area contributed by atoms with Gasteiger partial charge in [-0.25, -0.2) is 0 Å². The molecule has 6 atom stereocenters. The molecule has 8 nitrogen and oxygen atoms in total. The number of aliphatic hydroxyl groups is 1. The first kappa shape index (κ1) is 30.2. The lowest BCUT2D eigenvalue weighted by Gasteiger charge is -2.35. The minimum absolute atomic E-state index is 0.0440. The molecule has 3 aliphatic heterocycles. The van der Waals surface area contributed by atoms with Crippen LogP contribution in [0.4, 0.5) is 5.69 Å². The van der Waals surface area contributed by atoms with Gasteiger partial charge in [0.2, 0.25) is 17.7 Å². The number of alkyl halides is 1. The molecule has 3 amide bonds. The summed E-state index contributed by atoms with van der Waals surface area (Å²) in [6.45, 7) is 5.85. The van der Waals surface area contributed by atoms with E-state index in [2.05, 4.69) is 33.5 Å². The highest BCUT2D eigenvalue weighted by molar-refractivity contribution is 9.09. The molecule has 3 heterocycles. The highest BCUT2D eigenvalue weighted by atomic mass is 79.9. The van der Waals surface area contributed by atoms with Gasteiger partial charge in [0.05, 0.1) is 23.2 Å². The molecule has 10 heteroatoms. The zero-order valence-corrected chi connectivity index (χ0v) is 25.4. The quantitative estimate of drug-likeness (QED) is 0.198. The Morgan fingerprint density at radius 1 is 1.10 bits per heavy atom. The van der Waals surface area contributed by atoms with Crippen LogP contribution in [0.1, 0.15) is 65.2 Å². The van der Waals surface area contributed by atoms with Crippen molar-refractivity contribution in [1.29, 1.82) is 0 Å². The Balaban J connectivity index is 1.56. The highest BCUT2D eigenvalue weighted by Gasteiger charge is 2.75. The first-order chi connectivity index (χ1) is 18.9. The summed E-state index contributed by atoms with van der Waals surface area (Å²) in [7, 11) is 0. The van der Waals surface area contributed by atoms with Crippen LogP contribution >= 0.6 is 27.7 Å². The molecule has 1 aromatic carbocycles. The van der Waals surface area contributed by atoms with E-state index >= 15 is 0 Å². The summed E-state index contributed by atoms with van der Waals surface area (Å²) in [6, 6.07) is 6.68. The molecule has 2 bridgehead atoms. The molecule has 0 radical (unpaired) electrons. The number of aliphatic hydroxyl groups excluding tert-OH is 1. The second-order valence-electron chi connectivity index (χ2n) is 10.8. The predicted octanol–water partition coefficient (Wildman–Crippen LogP) is 4.35. The zero-order valence-electron chi connectivity index (χ0n) is 23.0. The average Bonchev–Trinajstić information content (AvgIpc) is 3.51. The first-order valence-electron chi connectivity index (χ1n) is 14.4. The molecule has 3 N–H and O–H groups in total. The van der Waals surface area contributed by atoms with Gasteiger partial charge in [-0.05, 0) is 56.9 Å². The Morgan fingerprint density at radius 3 is 2.54 bits per heavy atom. The molecule has 216 valence electrons. The third kappa shape index (κ3) is 6.27. The van der Waals surface area contributed by atoms with Crippen molar-refractivity contribution < 1.29 is 24.2 Å². The monoisotopic (exact) mass is 623 g/mol. The molecule has 1 aromatic rings. The van der Waals surface area contributed by atoms with E-state index in [-0.39, 0.29) is 34.4 Å². The molecule has 4 rings (SSSR count). The van der Waals surface area contributed by atoms with Crippen LogP contribution in [0.25, 0.3) is 0 Å². The van der Waals surface area contributed by atoms with Gasteiger partial charge in [0.1, 0.15) is 11.8 Å². The number of amides is 3. The Morgan fingerprint density at radius 2 is 1.85 bits per heavy atom. The maximum Gasteiger partial charge on any atom is 0.244 e. The van der Waals surface area contributed by atoms with E-state index in [0.29, 0.717) is 31.8 Å². The van der Waals surface area contributed by atoms with Crippen LogP contribution in [0.5, 0.6) is 5.75 Å². The van der Waals surface area contributed by atoms with E-state index < -0.39 is 22.6 Å². The van der Waals surface area contributed by atoms with Crippen molar-refractivity contribution in [3.63, 3.8) is 0 Å². The Hall–Kier alpha value is -1.78. The minimum atomic E-state index is -0.628. The predicted molar refractivity (Wildman–Crippen MR) is 158 cm³/mol. The molecule has 3 unspecified atom stereocenters. The summed E-state index contributed by atoms with van der Waals surface area (Å²) in [5, 5.41) is 15.2. The van der Waals surface area contributed by atoms with E-state index in [0.717, 1.165) is 50.7 Å². The topological polar surface area (TPSA) is 108 Å². The van der Waals surface area contributed by atoms with Crippen LogP contribution in [0.2, 0.25) is 0 Å². The van der Waals surface area contributed by atoms with Gasteiger partial charge >= 0.3 is 0 Å². The number of likely N-dealkylation sites (tertiary alicyclic amines) is 1. The molecule has 3 saturated heterocycles. The second kappa shape index (κ2) is 13.7. The summed E-state index contributed by atoms with van der Waals surface area (Å²) in [5.74, 6) is -0.675. The van der Waals surface area contributed by atoms with Crippen LogP contribution in [0.15, 0.2) is 24.3 Å². The first-order valence-corrected chi connectivity index (χ1v) is 16.2. The number of nitrogens with zero attached hydrogens (tertiary/aromatic N) is 1. The van der Waals surface area contributed by atoms with Crippen molar-refractivity contribution in [2.45, 2.75) is 86.1 Å². The van der Waals surface area contributed by atoms with Gasteiger partial charge in [0.15, 0.2) is 0 Å². The fourth-order valence-electron chi connectivity index (χ4n) is 6.43. The third-order valence-corrected chi connectivity index (χ3v) is 11.4. The molecular weight excluding hydrogens is 582 g/mol. The standard InChI is InChI=1S/C29H42BrN3O5S/c1-3-5-8-15-31-27(36)25-29-18-21(30)24(39-29)22(23(29)28(37)33(25)16-9-6-7-10-17-34)26(35)32-19-11-13-20(14-12-19)38-4-2/h11-14,21-25,34H,3-10,15-18H2,1-2H3,(H,31,36)(H,32,35)/t21?,22-,23+,24-,25?,29?/m1/s1. The maximum atomic E-state index is 14.1. The van der Waals surface area contributed by atoms with Gasteiger partial charge < -0.3 is 25.4 Å². The van der Waals surface area contributed by atoms with Crippen LogP contribution in [-0.2, 0) is 14.4 Å². The molecule has 0 aromatic heterocycles. The number of thioether (sulfide) groups is 1. The van der Waals surface area contributed by atoms with Gasteiger partial charge in [-0.2, -0.15) is 0 Å². The lowest BCUT2D eigenvalue weighted by atomic mass is 9.70. The molecule has 0 aliphatic carbocycles. The van der Waals surface area contributed by atoms with Crippen LogP contribution < -0.4 is 15.4 Å². The van der Waals surface area contributed by atoms with E-state index in [1.54, 1.807) is 16.7 Å². The van der Waals surface area contributed by atoms with Crippen LogP contribution in [0.3, 0.4) is 0 Å². The number of carbonyl (C=O) groups excluding carboxylic acids is 3. The number of halogens is 1. The normalized spacial score (nSPS) is 29.0. The largest absolute Gasteiger partial charge is 0.494 e. The molecule has 1 spiro atoms. The molecule has 0 saturated carbocycles. The van der Waals surface area contributed by atoms with Crippen molar-refractivity contribution in [2.24, 2.45) is 11.8 Å². The molecule has 39 heavy (non-hydrogen) atoms. The van der Waals surface area contributed by atoms with Crippen molar-refractivity contribution in [1.82, 2.24) is 10.2 Å². The molecule has 3 aliphatic rings. The summed E-state index contributed by atoms with van der Waals surface area (Å²) in [5.41, 5.74) is 0.660. The van der Waals surface area contributed by atoms with Crippen LogP contribution in [-0.4, -0.2) is 74.9 Å². The minimum Gasteiger partial charge on any atom is -0.494 e. The lowest BCUT2D eigenvalue weighted by molar-refractivity contribution is -0.139. The lowest BCUT2D eigenvalue weighted by Crippen LogP contribution is -2.54. The van der Waals surface area contributed by atoms with E-state index in [1.165, 1.54) is 0 Å². The van der Waals surface area contributed by atoms with E-state index in [1.807, 2.05) is 31.2 Å². The SMILES string of the molecule is CCCCCNC(=O)C1N(CCCCCCO)C(=O)[C@@H]2[C@@H](C(=O)Nc3ccc(OCC)cc3)[C@@H]3SC12CC3Br. The maximum absolute atomic E-state index is 14.1. The number of carbonyl (C=O) groups is 3. The second-order valence-corrected chi connectivity index (χ2v) is 13.5. The van der Waals surface area contributed by atoms with Gasteiger partial charge in [0, 0.05) is 35.5 Å². The number of unbranched alkanes of at least 4 members (excludes halogenated alkanes) is 5. The van der Waals surface area contributed by atoms with Crippen molar-refractivity contribution in [3.8, 4) is 5.75 Å². The fraction of sp³-hybridized carbons (Fsp3) is 0.690. The number of nitrogens with one attached hydrogen (secondary N) is 2. The summed E-state index contributed by atoms with van der Waals surface area (Å²) < 4.78 is 4.88. The number of ether oxygens (including phenoxy) is 1. The van der Waals surface area contributed by atoms with Crippen molar-refractivity contribution in [2.75, 3.05) is 31.6 Å². The smallest absolute Gasteiger partial charge is 0.244 e. The van der Waals surface area contributed by atoms with Crippen LogP contribution in [0, 0.1) is 11.8 Å². The number of hydrogen-bond acceptors (Lipinski definition) is 6. The fourth-order valence-corrected chi connectivity index (χ4v) is 10.0. The number of fused-ring (bicyclic) bond motifs is 1. The van der Waals surface area contributed by atoms with Crippen molar-refractivity contribution >= 4 is 51.1 Å². The average molecular weight is 625 g/mol. The zero-order chi connectivity index (χ0) is 28.0. The summed E-state index contributed by atoms with van der Waals surface area (Å²) in [6.07, 6.45) is 6.96. The van der Waals surface area contributed by atoms with Gasteiger partial charge in [-0.15, -0.1) is 11.8 Å².